The molecular formula is C32H38N6O4S. The number of aromatic nitrogens is 2. The van der Waals surface area contributed by atoms with Gasteiger partial charge in [-0.15, -0.1) is 11.8 Å². The molecule has 0 atom stereocenters. The summed E-state index contributed by atoms with van der Waals surface area (Å²) in [5, 5.41) is 11.1. The molecule has 1 fully saturated rings. The second-order valence-corrected chi connectivity index (χ2v) is 11.8. The first-order valence-electron chi connectivity index (χ1n) is 14.5. The van der Waals surface area contributed by atoms with Gasteiger partial charge in [-0.1, -0.05) is 30.3 Å². The standard InChI is InChI=1S/C32H38N6O4S/c1-36-22-26(20-28(36)31(40)33-11-5-12-38-13-15-42-16-14-38)35-32(41)29-19-25(21-37(29)2)34-30(39)10-17-43-27-9-8-23-6-3-4-7-24(23)18-27/h3-4,6-9,18-22H,5,10-17H2,1-2H3,(H,33,40)(H,34,39)(H,35,41). The zero-order chi connectivity index (χ0) is 30.2. The molecule has 1 aliphatic heterocycles. The third kappa shape index (κ3) is 8.28. The number of aryl methyl sites for hydroxylation is 2. The van der Waals surface area contributed by atoms with E-state index in [0.29, 0.717) is 41.5 Å². The quantitative estimate of drug-likeness (QED) is 0.164. The number of hydrogen-bond acceptors (Lipinski definition) is 6. The van der Waals surface area contributed by atoms with E-state index in [9.17, 15) is 14.4 Å². The molecule has 0 saturated carbocycles. The average Bonchev–Trinajstić information content (AvgIpc) is 3.56. The number of nitrogens with one attached hydrogen (secondary N) is 3. The lowest BCUT2D eigenvalue weighted by Gasteiger charge is -2.26. The summed E-state index contributed by atoms with van der Waals surface area (Å²) in [6.45, 7) is 4.86. The van der Waals surface area contributed by atoms with Gasteiger partial charge in [-0.25, -0.2) is 0 Å². The number of ether oxygens (including phenoxy) is 1. The minimum Gasteiger partial charge on any atom is -0.379 e. The Morgan fingerprint density at radius 3 is 2.26 bits per heavy atom. The second-order valence-electron chi connectivity index (χ2n) is 10.6. The van der Waals surface area contributed by atoms with Crippen LogP contribution in [0.15, 0.2) is 71.9 Å². The van der Waals surface area contributed by atoms with Crippen LogP contribution in [0.1, 0.15) is 33.8 Å². The van der Waals surface area contributed by atoms with Crippen molar-refractivity contribution in [3.63, 3.8) is 0 Å². The number of amides is 3. The zero-order valence-corrected chi connectivity index (χ0v) is 25.4. The van der Waals surface area contributed by atoms with E-state index in [1.54, 1.807) is 59.5 Å². The minimum atomic E-state index is -0.335. The first-order chi connectivity index (χ1) is 20.9. The molecule has 3 heterocycles. The topological polar surface area (TPSA) is 110 Å². The number of carbonyl (C=O) groups is 3. The average molecular weight is 603 g/mol. The molecule has 3 N–H and O–H groups in total. The highest BCUT2D eigenvalue weighted by Crippen LogP contribution is 2.24. The number of nitrogens with zero attached hydrogens (tertiary/aromatic N) is 3. The van der Waals surface area contributed by atoms with Gasteiger partial charge in [0.05, 0.1) is 24.6 Å². The molecule has 10 nitrogen and oxygen atoms in total. The third-order valence-electron chi connectivity index (χ3n) is 7.38. The Morgan fingerprint density at radius 2 is 1.51 bits per heavy atom. The van der Waals surface area contributed by atoms with E-state index in [2.05, 4.69) is 51.2 Å². The number of anilines is 2. The minimum absolute atomic E-state index is 0.116. The number of benzene rings is 2. The third-order valence-corrected chi connectivity index (χ3v) is 8.37. The van der Waals surface area contributed by atoms with Gasteiger partial charge >= 0.3 is 0 Å². The van der Waals surface area contributed by atoms with Crippen LogP contribution >= 0.6 is 11.8 Å². The van der Waals surface area contributed by atoms with Crippen LogP contribution in [0.2, 0.25) is 0 Å². The van der Waals surface area contributed by atoms with Crippen molar-refractivity contribution in [1.82, 2.24) is 19.4 Å². The molecule has 1 saturated heterocycles. The summed E-state index contributed by atoms with van der Waals surface area (Å²) in [7, 11) is 3.52. The number of thioether (sulfide) groups is 1. The summed E-state index contributed by atoms with van der Waals surface area (Å²) < 4.78 is 8.73. The fraction of sp³-hybridized carbons (Fsp3) is 0.344. The summed E-state index contributed by atoms with van der Waals surface area (Å²) in [6, 6.07) is 17.8. The maximum Gasteiger partial charge on any atom is 0.272 e. The summed E-state index contributed by atoms with van der Waals surface area (Å²) in [5.41, 5.74) is 1.92. The van der Waals surface area contributed by atoms with Crippen LogP contribution in [0.5, 0.6) is 0 Å². The van der Waals surface area contributed by atoms with E-state index < -0.39 is 0 Å². The molecule has 3 amide bonds. The number of morpholine rings is 1. The van der Waals surface area contributed by atoms with Gasteiger partial charge in [0.2, 0.25) is 5.91 Å². The molecule has 5 rings (SSSR count). The van der Waals surface area contributed by atoms with E-state index >= 15 is 0 Å². The monoisotopic (exact) mass is 602 g/mol. The van der Waals surface area contributed by atoms with Gasteiger partial charge in [0.1, 0.15) is 11.4 Å². The van der Waals surface area contributed by atoms with Gasteiger partial charge in [-0.05, 0) is 48.0 Å². The van der Waals surface area contributed by atoms with Crippen molar-refractivity contribution in [1.29, 1.82) is 0 Å². The SMILES string of the molecule is Cn1cc(NC(=O)c2cc(NC(=O)CCSc3ccc4ccccc4c3)cn2C)cc1C(=O)NCCCN1CCOCC1. The number of fused-ring (bicyclic) bond motifs is 1. The molecular weight excluding hydrogens is 564 g/mol. The van der Waals surface area contributed by atoms with Crippen LogP contribution in [0.25, 0.3) is 10.8 Å². The Morgan fingerprint density at radius 1 is 0.837 bits per heavy atom. The Hall–Kier alpha value is -4.06. The summed E-state index contributed by atoms with van der Waals surface area (Å²) in [4.78, 5) is 41.8. The summed E-state index contributed by atoms with van der Waals surface area (Å²) in [5.74, 6) is 0.00217. The molecule has 2 aromatic carbocycles. The first kappa shape index (κ1) is 30.4. The summed E-state index contributed by atoms with van der Waals surface area (Å²) in [6.07, 6.45) is 4.62. The van der Waals surface area contributed by atoms with E-state index in [0.717, 1.165) is 44.2 Å². The fourth-order valence-corrected chi connectivity index (χ4v) is 5.97. The lowest BCUT2D eigenvalue weighted by molar-refractivity contribution is -0.115. The lowest BCUT2D eigenvalue weighted by atomic mass is 10.1. The van der Waals surface area contributed by atoms with Crippen LogP contribution in [0.4, 0.5) is 11.4 Å². The molecule has 0 bridgehead atoms. The Labute approximate surface area is 255 Å². The maximum absolute atomic E-state index is 13.0. The second kappa shape index (κ2) is 14.4. The Balaban J connectivity index is 1.07. The Bertz CT molecular complexity index is 1590. The van der Waals surface area contributed by atoms with Crippen LogP contribution in [-0.2, 0) is 23.6 Å². The van der Waals surface area contributed by atoms with Gasteiger partial charge in [-0.2, -0.15) is 0 Å². The molecule has 2 aromatic heterocycles. The molecule has 0 radical (unpaired) electrons. The van der Waals surface area contributed by atoms with Crippen LogP contribution < -0.4 is 16.0 Å². The number of hydrogen-bond donors (Lipinski definition) is 3. The van der Waals surface area contributed by atoms with Crippen molar-refractivity contribution in [3.8, 4) is 0 Å². The first-order valence-corrected chi connectivity index (χ1v) is 15.5. The predicted molar refractivity (Wildman–Crippen MR) is 171 cm³/mol. The van der Waals surface area contributed by atoms with Crippen LogP contribution in [-0.4, -0.2) is 76.9 Å². The van der Waals surface area contributed by atoms with Crippen molar-refractivity contribution in [2.45, 2.75) is 17.7 Å². The van der Waals surface area contributed by atoms with Crippen molar-refractivity contribution in [2.75, 3.05) is 55.8 Å². The van der Waals surface area contributed by atoms with Crippen molar-refractivity contribution in [2.24, 2.45) is 14.1 Å². The molecule has 226 valence electrons. The van der Waals surface area contributed by atoms with E-state index in [-0.39, 0.29) is 17.7 Å². The molecule has 1 aliphatic rings. The molecule has 0 aliphatic carbocycles. The van der Waals surface area contributed by atoms with Crippen molar-refractivity contribution < 1.29 is 19.1 Å². The van der Waals surface area contributed by atoms with Gasteiger partial charge in [0, 0.05) is 63.2 Å². The van der Waals surface area contributed by atoms with E-state index in [1.165, 1.54) is 10.8 Å². The zero-order valence-electron chi connectivity index (χ0n) is 24.6. The number of carbonyl (C=O) groups excluding carboxylic acids is 3. The number of rotatable bonds is 12. The van der Waals surface area contributed by atoms with Gasteiger partial charge in [0.25, 0.3) is 11.8 Å². The lowest BCUT2D eigenvalue weighted by Crippen LogP contribution is -2.38. The molecule has 11 heteroatoms. The molecule has 0 spiro atoms. The predicted octanol–water partition coefficient (Wildman–Crippen LogP) is 4.34. The molecule has 43 heavy (non-hydrogen) atoms. The smallest absolute Gasteiger partial charge is 0.272 e. The highest BCUT2D eigenvalue weighted by atomic mass is 32.2. The largest absolute Gasteiger partial charge is 0.379 e. The van der Waals surface area contributed by atoms with Gasteiger partial charge in [0.15, 0.2) is 0 Å². The highest BCUT2D eigenvalue weighted by molar-refractivity contribution is 7.99. The molecule has 4 aromatic rings. The van der Waals surface area contributed by atoms with Crippen molar-refractivity contribution in [3.05, 3.63) is 78.4 Å². The van der Waals surface area contributed by atoms with Crippen molar-refractivity contribution >= 4 is 51.6 Å². The normalized spacial score (nSPS) is 13.6. The fourth-order valence-electron chi connectivity index (χ4n) is 5.07. The van der Waals surface area contributed by atoms with Crippen LogP contribution in [0.3, 0.4) is 0 Å². The Kier molecular flexibility index (Phi) is 10.2. The van der Waals surface area contributed by atoms with E-state index in [4.69, 9.17) is 4.74 Å². The molecule has 0 unspecified atom stereocenters. The highest BCUT2D eigenvalue weighted by Gasteiger charge is 2.17. The van der Waals surface area contributed by atoms with Crippen LogP contribution in [0, 0.1) is 0 Å². The van der Waals surface area contributed by atoms with Gasteiger partial charge in [-0.3, -0.25) is 19.3 Å². The maximum atomic E-state index is 13.0. The summed E-state index contributed by atoms with van der Waals surface area (Å²) >= 11 is 1.64. The van der Waals surface area contributed by atoms with E-state index in [1.807, 2.05) is 12.1 Å². The van der Waals surface area contributed by atoms with Gasteiger partial charge < -0.3 is 29.8 Å².